The van der Waals surface area contributed by atoms with Crippen molar-refractivity contribution in [2.24, 2.45) is 5.92 Å². The number of hydrogen-bond donors (Lipinski definition) is 1. The van der Waals surface area contributed by atoms with E-state index in [0.717, 1.165) is 25.4 Å². The van der Waals surface area contributed by atoms with Crippen molar-refractivity contribution < 1.29 is 0 Å². The van der Waals surface area contributed by atoms with Gasteiger partial charge in [0.1, 0.15) is 0 Å². The van der Waals surface area contributed by atoms with E-state index in [1.165, 1.54) is 19.3 Å². The Morgan fingerprint density at radius 1 is 1.39 bits per heavy atom. The van der Waals surface area contributed by atoms with E-state index in [9.17, 15) is 0 Å². The minimum atomic E-state index is 0.330. The average Bonchev–Trinajstić information content (AvgIpc) is 2.35. The van der Waals surface area contributed by atoms with Crippen LogP contribution in [-0.4, -0.2) is 36.1 Å². The van der Waals surface area contributed by atoms with Crippen LogP contribution in [-0.2, 0) is 0 Å². The van der Waals surface area contributed by atoms with Gasteiger partial charge in [-0.2, -0.15) is 0 Å². The Bertz CT molecular complexity index is 267. The molecule has 1 aliphatic rings. The van der Waals surface area contributed by atoms with E-state index in [0.29, 0.717) is 18.1 Å². The largest absolute Gasteiger partial charge is 0.311 e. The molecule has 2 nitrogen and oxygen atoms in total. The lowest BCUT2D eigenvalue weighted by atomic mass is 9.96. The molecular formula is C16H30N2. The molecule has 0 amide bonds. The SMILES string of the molecule is C#CC(CCC)N1CC(CC(C)C)NCC1CC. The maximum Gasteiger partial charge on any atom is 0.0715 e. The van der Waals surface area contributed by atoms with Crippen molar-refractivity contribution in [3.05, 3.63) is 0 Å². The Kier molecular flexibility index (Phi) is 6.75. The quantitative estimate of drug-likeness (QED) is 0.729. The zero-order valence-electron chi connectivity index (χ0n) is 12.6. The summed E-state index contributed by atoms with van der Waals surface area (Å²) in [4.78, 5) is 2.58. The van der Waals surface area contributed by atoms with Crippen LogP contribution in [0.4, 0.5) is 0 Å². The molecule has 0 radical (unpaired) electrons. The molecule has 0 saturated carbocycles. The smallest absolute Gasteiger partial charge is 0.0715 e. The van der Waals surface area contributed by atoms with Crippen LogP contribution >= 0.6 is 0 Å². The van der Waals surface area contributed by atoms with E-state index >= 15 is 0 Å². The van der Waals surface area contributed by atoms with E-state index in [1.54, 1.807) is 0 Å². The first kappa shape index (κ1) is 15.5. The first-order valence-corrected chi connectivity index (χ1v) is 7.57. The first-order chi connectivity index (χ1) is 8.62. The summed E-state index contributed by atoms with van der Waals surface area (Å²) in [5.41, 5.74) is 0. The van der Waals surface area contributed by atoms with Crippen LogP contribution in [0.5, 0.6) is 0 Å². The summed E-state index contributed by atoms with van der Waals surface area (Å²) in [6.45, 7) is 11.3. The fourth-order valence-electron chi connectivity index (χ4n) is 2.99. The molecule has 18 heavy (non-hydrogen) atoms. The lowest BCUT2D eigenvalue weighted by Crippen LogP contribution is -2.59. The molecule has 0 aliphatic carbocycles. The molecule has 104 valence electrons. The van der Waals surface area contributed by atoms with Gasteiger partial charge >= 0.3 is 0 Å². The van der Waals surface area contributed by atoms with Gasteiger partial charge in [-0.15, -0.1) is 6.42 Å². The van der Waals surface area contributed by atoms with E-state index in [-0.39, 0.29) is 0 Å². The molecule has 0 aromatic heterocycles. The van der Waals surface area contributed by atoms with E-state index in [4.69, 9.17) is 6.42 Å². The molecule has 1 rings (SSSR count). The maximum absolute atomic E-state index is 5.74. The third-order valence-corrected chi connectivity index (χ3v) is 3.92. The van der Waals surface area contributed by atoms with E-state index in [2.05, 4.69) is 43.8 Å². The summed E-state index contributed by atoms with van der Waals surface area (Å²) >= 11 is 0. The highest BCUT2D eigenvalue weighted by molar-refractivity contribution is 5.03. The Morgan fingerprint density at radius 2 is 2.11 bits per heavy atom. The van der Waals surface area contributed by atoms with Crippen LogP contribution in [0.25, 0.3) is 0 Å². The zero-order chi connectivity index (χ0) is 13.5. The van der Waals surface area contributed by atoms with Gasteiger partial charge in [-0.25, -0.2) is 0 Å². The lowest BCUT2D eigenvalue weighted by Gasteiger charge is -2.43. The Morgan fingerprint density at radius 3 is 2.61 bits per heavy atom. The van der Waals surface area contributed by atoms with E-state index < -0.39 is 0 Å². The molecule has 0 aromatic rings. The van der Waals surface area contributed by atoms with Crippen LogP contribution in [0.15, 0.2) is 0 Å². The third-order valence-electron chi connectivity index (χ3n) is 3.92. The van der Waals surface area contributed by atoms with Gasteiger partial charge in [-0.05, 0) is 25.2 Å². The Labute approximate surface area is 114 Å². The van der Waals surface area contributed by atoms with Gasteiger partial charge in [-0.1, -0.05) is 40.0 Å². The standard InChI is InChI=1S/C16H30N2/c1-6-9-15(7-2)18-12-14(10-13(4)5)17-11-16(18)8-3/h2,13-17H,6,8-12H2,1,3-5H3. The molecule has 1 fully saturated rings. The molecule has 2 heteroatoms. The minimum absolute atomic E-state index is 0.330. The fourth-order valence-corrected chi connectivity index (χ4v) is 2.99. The van der Waals surface area contributed by atoms with Crippen molar-refractivity contribution in [1.29, 1.82) is 0 Å². The molecule has 1 N–H and O–H groups in total. The van der Waals surface area contributed by atoms with Crippen molar-refractivity contribution in [2.75, 3.05) is 13.1 Å². The lowest BCUT2D eigenvalue weighted by molar-refractivity contribution is 0.0916. The molecule has 1 aliphatic heterocycles. The average molecular weight is 250 g/mol. The summed E-state index contributed by atoms with van der Waals surface area (Å²) in [5, 5.41) is 3.69. The van der Waals surface area contributed by atoms with Crippen molar-refractivity contribution in [3.8, 4) is 12.3 Å². The van der Waals surface area contributed by atoms with Crippen molar-refractivity contribution in [1.82, 2.24) is 10.2 Å². The summed E-state index contributed by atoms with van der Waals surface area (Å²) in [7, 11) is 0. The van der Waals surface area contributed by atoms with Gasteiger partial charge in [0.25, 0.3) is 0 Å². The van der Waals surface area contributed by atoms with Gasteiger partial charge in [0.2, 0.25) is 0 Å². The van der Waals surface area contributed by atoms with Gasteiger partial charge in [0.15, 0.2) is 0 Å². The molecule has 1 saturated heterocycles. The van der Waals surface area contributed by atoms with E-state index in [1.807, 2.05) is 0 Å². The van der Waals surface area contributed by atoms with Crippen molar-refractivity contribution >= 4 is 0 Å². The predicted octanol–water partition coefficient (Wildman–Crippen LogP) is 2.89. The normalized spacial score (nSPS) is 27.1. The van der Waals surface area contributed by atoms with Crippen LogP contribution in [0.2, 0.25) is 0 Å². The Balaban J connectivity index is 2.66. The van der Waals surface area contributed by atoms with Gasteiger partial charge < -0.3 is 5.32 Å². The third kappa shape index (κ3) is 4.30. The molecule has 0 spiro atoms. The highest BCUT2D eigenvalue weighted by Crippen LogP contribution is 2.19. The number of nitrogens with one attached hydrogen (secondary N) is 1. The zero-order valence-corrected chi connectivity index (χ0v) is 12.6. The second-order valence-corrected chi connectivity index (χ2v) is 5.96. The van der Waals surface area contributed by atoms with Crippen molar-refractivity contribution in [2.45, 2.75) is 71.5 Å². The molecule has 0 bridgehead atoms. The van der Waals surface area contributed by atoms with Gasteiger partial charge in [0.05, 0.1) is 6.04 Å². The molecular weight excluding hydrogens is 220 g/mol. The second-order valence-electron chi connectivity index (χ2n) is 5.96. The van der Waals surface area contributed by atoms with Crippen molar-refractivity contribution in [3.63, 3.8) is 0 Å². The summed E-state index contributed by atoms with van der Waals surface area (Å²) in [6, 6.07) is 1.55. The molecule has 0 aromatic carbocycles. The van der Waals surface area contributed by atoms with Crippen LogP contribution in [0, 0.1) is 18.3 Å². The number of nitrogens with zero attached hydrogens (tertiary/aromatic N) is 1. The molecule has 1 heterocycles. The monoisotopic (exact) mass is 250 g/mol. The minimum Gasteiger partial charge on any atom is -0.311 e. The highest BCUT2D eigenvalue weighted by Gasteiger charge is 2.30. The second kappa shape index (κ2) is 7.81. The van der Waals surface area contributed by atoms with Crippen LogP contribution in [0.1, 0.15) is 53.4 Å². The van der Waals surface area contributed by atoms with Crippen LogP contribution < -0.4 is 5.32 Å². The molecule has 3 atom stereocenters. The maximum atomic E-state index is 5.74. The number of rotatable bonds is 6. The number of hydrogen-bond acceptors (Lipinski definition) is 2. The first-order valence-electron chi connectivity index (χ1n) is 7.57. The Hall–Kier alpha value is -0.520. The highest BCUT2D eigenvalue weighted by atomic mass is 15.2. The summed E-state index contributed by atoms with van der Waals surface area (Å²) < 4.78 is 0. The molecule has 3 unspecified atom stereocenters. The summed E-state index contributed by atoms with van der Waals surface area (Å²) in [5.74, 6) is 3.76. The van der Waals surface area contributed by atoms with Gasteiger partial charge in [-0.3, -0.25) is 4.90 Å². The van der Waals surface area contributed by atoms with Crippen LogP contribution in [0.3, 0.4) is 0 Å². The fraction of sp³-hybridized carbons (Fsp3) is 0.875. The number of terminal acetylenes is 1. The summed E-state index contributed by atoms with van der Waals surface area (Å²) in [6.07, 6.45) is 10.5. The topological polar surface area (TPSA) is 15.3 Å². The van der Waals surface area contributed by atoms with Gasteiger partial charge in [0, 0.05) is 25.2 Å². The number of piperazine rings is 1. The predicted molar refractivity (Wildman–Crippen MR) is 79.6 cm³/mol.